The largest absolute Gasteiger partial charge is 0.418 e. The first kappa shape index (κ1) is 15.4. The van der Waals surface area contributed by atoms with Gasteiger partial charge in [-0.2, -0.15) is 0 Å². The molecule has 0 N–H and O–H groups in total. The molecule has 0 saturated carbocycles. The third-order valence-corrected chi connectivity index (χ3v) is 10.4. The van der Waals surface area contributed by atoms with E-state index in [1.165, 1.54) is 12.1 Å². The summed E-state index contributed by atoms with van der Waals surface area (Å²) in [6.45, 7) is 16.8. The van der Waals surface area contributed by atoms with Crippen molar-refractivity contribution in [1.29, 1.82) is 0 Å². The highest BCUT2D eigenvalue weighted by Crippen LogP contribution is 2.24. The van der Waals surface area contributed by atoms with Crippen molar-refractivity contribution in [2.24, 2.45) is 0 Å². The Balaban J connectivity index is 2.42. The van der Waals surface area contributed by atoms with E-state index >= 15 is 0 Å². The summed E-state index contributed by atoms with van der Waals surface area (Å²) in [5, 5.41) is 0. The van der Waals surface area contributed by atoms with Crippen molar-refractivity contribution in [2.45, 2.75) is 45.2 Å². The summed E-state index contributed by atoms with van der Waals surface area (Å²) in [6, 6.07) is 2.67. The van der Waals surface area contributed by atoms with Gasteiger partial charge in [-0.3, -0.25) is 0 Å². The number of hydrogen-bond donors (Lipinski definition) is 0. The predicted molar refractivity (Wildman–Crippen MR) is 78.6 cm³/mol. The molecule has 0 aromatic heterocycles. The van der Waals surface area contributed by atoms with Crippen molar-refractivity contribution in [1.82, 2.24) is 4.57 Å². The molecule has 0 radical (unpaired) electrons. The highest BCUT2D eigenvalue weighted by molar-refractivity contribution is 6.78. The quantitative estimate of drug-likeness (QED) is 0.696. The van der Waals surface area contributed by atoms with Crippen LogP contribution in [0.2, 0.25) is 38.3 Å². The molecule has 1 aliphatic rings. The fraction of sp³-hybridized carbons (Fsp3) is 1.00. The summed E-state index contributed by atoms with van der Waals surface area (Å²) >= 11 is 0. The summed E-state index contributed by atoms with van der Waals surface area (Å²) < 4.78 is 14.1. The van der Waals surface area contributed by atoms with Gasteiger partial charge in [0.2, 0.25) is 0 Å². The molecule has 1 aliphatic heterocycles. The van der Waals surface area contributed by atoms with E-state index in [4.69, 9.17) is 9.16 Å². The lowest BCUT2D eigenvalue weighted by Crippen LogP contribution is -2.54. The van der Waals surface area contributed by atoms with E-state index in [1.54, 1.807) is 0 Å². The number of hydrogen-bond acceptors (Lipinski definition) is 3. The van der Waals surface area contributed by atoms with Crippen molar-refractivity contribution in [3.05, 3.63) is 0 Å². The van der Waals surface area contributed by atoms with Gasteiger partial charge in [-0.25, -0.2) is 0 Å². The predicted octanol–water partition coefficient (Wildman–Crippen LogP) is 2.77. The molecule has 0 bridgehead atoms. The molecule has 1 heterocycles. The van der Waals surface area contributed by atoms with Gasteiger partial charge in [0.15, 0.2) is 8.32 Å². The van der Waals surface area contributed by atoms with Crippen LogP contribution in [0.25, 0.3) is 0 Å². The number of nitrogens with zero attached hydrogens (tertiary/aromatic N) is 1. The molecule has 0 aromatic rings. The molecule has 0 aromatic carbocycles. The Morgan fingerprint density at radius 1 is 1.06 bits per heavy atom. The second kappa shape index (κ2) is 6.47. The normalized spacial score (nSPS) is 19.6. The minimum Gasteiger partial charge on any atom is -0.418 e. The van der Waals surface area contributed by atoms with Crippen molar-refractivity contribution < 1.29 is 9.16 Å². The maximum atomic E-state index is 5.93. The van der Waals surface area contributed by atoms with Crippen molar-refractivity contribution in [3.8, 4) is 0 Å². The second-order valence-corrected chi connectivity index (χ2v) is 15.2. The Hall–Kier alpha value is 0.314. The molecular formula is C12H29NO2Si2. The van der Waals surface area contributed by atoms with Crippen LogP contribution >= 0.6 is 0 Å². The van der Waals surface area contributed by atoms with E-state index in [1.807, 2.05) is 0 Å². The van der Waals surface area contributed by atoms with Crippen molar-refractivity contribution in [2.75, 3.05) is 32.9 Å². The van der Waals surface area contributed by atoms with Gasteiger partial charge < -0.3 is 13.7 Å². The van der Waals surface area contributed by atoms with Gasteiger partial charge in [-0.05, 0) is 32.1 Å². The first-order valence-electron chi connectivity index (χ1n) is 6.84. The topological polar surface area (TPSA) is 21.7 Å². The summed E-state index contributed by atoms with van der Waals surface area (Å²) in [5.74, 6) is 0. The lowest BCUT2D eigenvalue weighted by molar-refractivity contribution is 0.0689. The van der Waals surface area contributed by atoms with E-state index in [9.17, 15) is 0 Å². The van der Waals surface area contributed by atoms with Crippen LogP contribution in [-0.4, -0.2) is 54.0 Å². The smallest absolute Gasteiger partial charge is 0.186 e. The lowest BCUT2D eigenvalue weighted by atomic mass is 10.5. The first-order valence-corrected chi connectivity index (χ1v) is 13.1. The molecule has 1 fully saturated rings. The van der Waals surface area contributed by atoms with Crippen LogP contribution in [0.15, 0.2) is 0 Å². The zero-order valence-electron chi connectivity index (χ0n) is 12.2. The molecular weight excluding hydrogens is 246 g/mol. The Morgan fingerprint density at radius 2 is 1.65 bits per heavy atom. The van der Waals surface area contributed by atoms with E-state index in [-0.39, 0.29) is 0 Å². The van der Waals surface area contributed by atoms with Crippen LogP contribution in [0.5, 0.6) is 0 Å². The van der Waals surface area contributed by atoms with Crippen LogP contribution in [-0.2, 0) is 9.16 Å². The van der Waals surface area contributed by atoms with E-state index in [2.05, 4.69) is 37.7 Å². The van der Waals surface area contributed by atoms with E-state index in [0.29, 0.717) is 0 Å². The van der Waals surface area contributed by atoms with Gasteiger partial charge in [0.1, 0.15) is 8.24 Å². The highest BCUT2D eigenvalue weighted by atomic mass is 28.4. The lowest BCUT2D eigenvalue weighted by Gasteiger charge is -2.40. The fourth-order valence-corrected chi connectivity index (χ4v) is 9.89. The average Bonchev–Trinajstić information content (AvgIpc) is 2.28. The van der Waals surface area contributed by atoms with Gasteiger partial charge in [0.25, 0.3) is 0 Å². The minimum atomic E-state index is -1.40. The second-order valence-electron chi connectivity index (χ2n) is 6.10. The Bertz CT molecular complexity index is 229. The molecule has 17 heavy (non-hydrogen) atoms. The molecule has 0 atom stereocenters. The van der Waals surface area contributed by atoms with E-state index < -0.39 is 16.6 Å². The minimum absolute atomic E-state index is 0.874. The fourth-order valence-electron chi connectivity index (χ4n) is 2.40. The average molecular weight is 276 g/mol. The molecule has 0 aliphatic carbocycles. The van der Waals surface area contributed by atoms with Gasteiger partial charge in [0, 0.05) is 19.7 Å². The van der Waals surface area contributed by atoms with Crippen LogP contribution < -0.4 is 0 Å². The number of ether oxygens (including phenoxy) is 1. The van der Waals surface area contributed by atoms with Gasteiger partial charge in [-0.15, -0.1) is 0 Å². The van der Waals surface area contributed by atoms with Gasteiger partial charge >= 0.3 is 0 Å². The molecule has 3 nitrogen and oxygen atoms in total. The van der Waals surface area contributed by atoms with Crippen LogP contribution in [0.4, 0.5) is 0 Å². The van der Waals surface area contributed by atoms with Crippen molar-refractivity contribution >= 4 is 16.6 Å². The monoisotopic (exact) mass is 275 g/mol. The third-order valence-electron chi connectivity index (χ3n) is 3.74. The molecule has 0 spiro atoms. The molecule has 1 saturated heterocycles. The maximum absolute atomic E-state index is 5.93. The maximum Gasteiger partial charge on any atom is 0.186 e. The SMILES string of the molecule is CCO[Si](C)(C)CC[Si](C)(C)N1CCOCC1. The zero-order valence-corrected chi connectivity index (χ0v) is 14.2. The Labute approximate surface area is 109 Å². The van der Waals surface area contributed by atoms with Crippen LogP contribution in [0.3, 0.4) is 0 Å². The first-order chi connectivity index (χ1) is 7.87. The summed E-state index contributed by atoms with van der Waals surface area (Å²) in [7, 11) is -2.63. The Kier molecular flexibility index (Phi) is 5.85. The zero-order chi connectivity index (χ0) is 12.9. The van der Waals surface area contributed by atoms with Gasteiger partial charge in [-0.1, -0.05) is 13.1 Å². The Morgan fingerprint density at radius 3 is 2.18 bits per heavy atom. The van der Waals surface area contributed by atoms with Gasteiger partial charge in [0.05, 0.1) is 13.2 Å². The molecule has 0 amide bonds. The van der Waals surface area contributed by atoms with Crippen LogP contribution in [0, 0.1) is 0 Å². The molecule has 0 unspecified atom stereocenters. The molecule has 102 valence electrons. The highest BCUT2D eigenvalue weighted by Gasteiger charge is 2.33. The summed E-state index contributed by atoms with van der Waals surface area (Å²) in [4.78, 5) is 0. The summed E-state index contributed by atoms with van der Waals surface area (Å²) in [5.41, 5.74) is 0. The molecule has 5 heteroatoms. The third kappa shape index (κ3) is 5.22. The van der Waals surface area contributed by atoms with Crippen molar-refractivity contribution in [3.63, 3.8) is 0 Å². The van der Waals surface area contributed by atoms with Crippen LogP contribution in [0.1, 0.15) is 6.92 Å². The molecule has 1 rings (SSSR count). The number of rotatable bonds is 6. The summed E-state index contributed by atoms with van der Waals surface area (Å²) in [6.07, 6.45) is 0. The van der Waals surface area contributed by atoms with E-state index in [0.717, 1.165) is 32.9 Å². The standard InChI is InChI=1S/C12H29NO2Si2/c1-6-15-17(4,5)12-11-16(2,3)13-7-9-14-10-8-13/h6-12H2,1-5H3. The number of morpholine rings is 1.